The standard InChI is InChI=1S/C9H11Br2N3O2S/c1-2-5(8(12)14-16)13-9(15)4-3-6(10)17-7(4)11/h3,5,16H,2H2,1H3,(H2,12,14)(H,13,15). The Morgan fingerprint density at radius 2 is 2.35 bits per heavy atom. The first-order valence-corrected chi connectivity index (χ1v) is 7.13. The number of rotatable bonds is 4. The summed E-state index contributed by atoms with van der Waals surface area (Å²) in [7, 11) is 0. The van der Waals surface area contributed by atoms with Gasteiger partial charge in [-0.1, -0.05) is 12.1 Å². The van der Waals surface area contributed by atoms with Gasteiger partial charge in [-0.25, -0.2) is 0 Å². The third kappa shape index (κ3) is 3.68. The van der Waals surface area contributed by atoms with Gasteiger partial charge in [0.1, 0.15) is 0 Å². The van der Waals surface area contributed by atoms with E-state index in [0.29, 0.717) is 12.0 Å². The average Bonchev–Trinajstić information content (AvgIpc) is 2.64. The zero-order valence-electron chi connectivity index (χ0n) is 8.91. The van der Waals surface area contributed by atoms with Crippen LogP contribution in [-0.2, 0) is 0 Å². The molecule has 0 aliphatic carbocycles. The van der Waals surface area contributed by atoms with Crippen molar-refractivity contribution in [2.24, 2.45) is 10.9 Å². The van der Waals surface area contributed by atoms with Crippen molar-refractivity contribution < 1.29 is 10.0 Å². The van der Waals surface area contributed by atoms with E-state index in [1.165, 1.54) is 11.3 Å². The first-order valence-electron chi connectivity index (χ1n) is 4.72. The number of amides is 1. The smallest absolute Gasteiger partial charge is 0.253 e. The molecule has 0 saturated carbocycles. The number of carbonyl (C=O) groups excluding carboxylic acids is 1. The zero-order chi connectivity index (χ0) is 13.0. The fourth-order valence-electron chi connectivity index (χ4n) is 1.19. The summed E-state index contributed by atoms with van der Waals surface area (Å²) in [6, 6.07) is 1.24. The van der Waals surface area contributed by atoms with Gasteiger partial charge in [0.25, 0.3) is 5.91 Å². The predicted molar refractivity (Wildman–Crippen MR) is 74.7 cm³/mol. The summed E-state index contributed by atoms with van der Waals surface area (Å²) >= 11 is 8.01. The summed E-state index contributed by atoms with van der Waals surface area (Å²) < 4.78 is 1.59. The molecule has 0 radical (unpaired) electrons. The first-order chi connectivity index (χ1) is 7.99. The molecule has 8 heteroatoms. The van der Waals surface area contributed by atoms with E-state index in [1.807, 2.05) is 6.92 Å². The van der Waals surface area contributed by atoms with Crippen molar-refractivity contribution in [3.05, 3.63) is 19.2 Å². The minimum Gasteiger partial charge on any atom is -0.409 e. The zero-order valence-corrected chi connectivity index (χ0v) is 12.9. The lowest BCUT2D eigenvalue weighted by molar-refractivity contribution is 0.0945. The molecular weight excluding hydrogens is 374 g/mol. The number of thiophene rings is 1. The average molecular weight is 385 g/mol. The monoisotopic (exact) mass is 383 g/mol. The summed E-state index contributed by atoms with van der Waals surface area (Å²) in [5.74, 6) is -0.274. The summed E-state index contributed by atoms with van der Waals surface area (Å²) in [4.78, 5) is 11.9. The molecule has 1 rings (SSSR count). The van der Waals surface area contributed by atoms with Crippen molar-refractivity contribution in [3.63, 3.8) is 0 Å². The van der Waals surface area contributed by atoms with Gasteiger partial charge in [0.05, 0.1) is 19.2 Å². The second-order valence-electron chi connectivity index (χ2n) is 3.20. The molecule has 0 fully saturated rings. The number of hydrogen-bond donors (Lipinski definition) is 3. The van der Waals surface area contributed by atoms with E-state index >= 15 is 0 Å². The number of nitrogens with two attached hydrogens (primary N) is 1. The van der Waals surface area contributed by atoms with Crippen LogP contribution in [0.1, 0.15) is 23.7 Å². The predicted octanol–water partition coefficient (Wildman–Crippen LogP) is 2.53. The van der Waals surface area contributed by atoms with Gasteiger partial charge in [-0.3, -0.25) is 4.79 Å². The van der Waals surface area contributed by atoms with Gasteiger partial charge in [0, 0.05) is 0 Å². The maximum absolute atomic E-state index is 11.9. The van der Waals surface area contributed by atoms with Crippen LogP contribution in [0.25, 0.3) is 0 Å². The fraction of sp³-hybridized carbons (Fsp3) is 0.333. The normalized spacial score (nSPS) is 13.5. The molecule has 1 amide bonds. The van der Waals surface area contributed by atoms with Gasteiger partial charge < -0.3 is 16.3 Å². The number of halogens is 2. The van der Waals surface area contributed by atoms with Crippen LogP contribution >= 0.6 is 43.2 Å². The Bertz CT molecular complexity index is 447. The fourth-order valence-corrected chi connectivity index (χ4v) is 3.98. The van der Waals surface area contributed by atoms with Gasteiger partial charge in [0.2, 0.25) is 0 Å². The van der Waals surface area contributed by atoms with E-state index < -0.39 is 6.04 Å². The molecule has 1 atom stereocenters. The van der Waals surface area contributed by atoms with E-state index in [-0.39, 0.29) is 11.7 Å². The number of amidine groups is 1. The summed E-state index contributed by atoms with van der Waals surface area (Å²) in [5, 5.41) is 14.2. The molecule has 94 valence electrons. The molecule has 0 aromatic carbocycles. The van der Waals surface area contributed by atoms with Gasteiger partial charge in [0.15, 0.2) is 5.84 Å². The molecule has 0 saturated heterocycles. The van der Waals surface area contributed by atoms with E-state index in [9.17, 15) is 4.79 Å². The lowest BCUT2D eigenvalue weighted by atomic mass is 10.2. The minimum absolute atomic E-state index is 0.00809. The minimum atomic E-state index is -0.474. The summed E-state index contributed by atoms with van der Waals surface area (Å²) in [5.41, 5.74) is 5.98. The topological polar surface area (TPSA) is 87.7 Å². The SMILES string of the molecule is CCC(NC(=O)c1cc(Br)sc1Br)/C(N)=N/O. The van der Waals surface area contributed by atoms with Crippen molar-refractivity contribution in [1.82, 2.24) is 5.32 Å². The van der Waals surface area contributed by atoms with Crippen LogP contribution in [0.3, 0.4) is 0 Å². The lowest BCUT2D eigenvalue weighted by Crippen LogP contribution is -2.44. The highest BCUT2D eigenvalue weighted by atomic mass is 79.9. The molecule has 0 spiro atoms. The second kappa shape index (κ2) is 6.36. The number of oxime groups is 1. The van der Waals surface area contributed by atoms with E-state index in [4.69, 9.17) is 10.9 Å². The highest BCUT2D eigenvalue weighted by Gasteiger charge is 2.19. The van der Waals surface area contributed by atoms with Gasteiger partial charge in [-0.15, -0.1) is 11.3 Å². The molecule has 0 aliphatic rings. The Morgan fingerprint density at radius 1 is 1.71 bits per heavy atom. The largest absolute Gasteiger partial charge is 0.409 e. The Hall–Kier alpha value is -0.600. The summed E-state index contributed by atoms with van der Waals surface area (Å²) in [6.07, 6.45) is 0.546. The van der Waals surface area contributed by atoms with Crippen molar-refractivity contribution in [2.45, 2.75) is 19.4 Å². The third-order valence-corrected chi connectivity index (χ3v) is 4.43. The van der Waals surface area contributed by atoms with Crippen LogP contribution < -0.4 is 11.1 Å². The Balaban J connectivity index is 2.81. The Labute approximate surface area is 119 Å². The molecule has 0 bridgehead atoms. The maximum Gasteiger partial charge on any atom is 0.253 e. The highest BCUT2D eigenvalue weighted by Crippen LogP contribution is 2.31. The van der Waals surface area contributed by atoms with E-state index in [0.717, 1.165) is 7.57 Å². The molecule has 0 aliphatic heterocycles. The molecular formula is C9H11Br2N3O2S. The van der Waals surface area contributed by atoms with Crippen LogP contribution in [-0.4, -0.2) is 23.0 Å². The van der Waals surface area contributed by atoms with Crippen molar-refractivity contribution in [3.8, 4) is 0 Å². The number of nitrogens with one attached hydrogen (secondary N) is 1. The molecule has 1 aromatic rings. The maximum atomic E-state index is 11.9. The molecule has 1 aromatic heterocycles. The Morgan fingerprint density at radius 3 is 2.76 bits per heavy atom. The van der Waals surface area contributed by atoms with E-state index in [1.54, 1.807) is 6.07 Å². The quantitative estimate of drug-likeness (QED) is 0.322. The van der Waals surface area contributed by atoms with Crippen molar-refractivity contribution in [2.75, 3.05) is 0 Å². The van der Waals surface area contributed by atoms with Gasteiger partial charge in [-0.2, -0.15) is 0 Å². The number of nitrogens with zero attached hydrogens (tertiary/aromatic N) is 1. The van der Waals surface area contributed by atoms with Crippen LogP contribution in [0.2, 0.25) is 0 Å². The van der Waals surface area contributed by atoms with Crippen LogP contribution in [0.4, 0.5) is 0 Å². The van der Waals surface area contributed by atoms with E-state index in [2.05, 4.69) is 42.3 Å². The molecule has 1 heterocycles. The van der Waals surface area contributed by atoms with Crippen molar-refractivity contribution >= 4 is 54.9 Å². The molecule has 17 heavy (non-hydrogen) atoms. The number of carbonyl (C=O) groups is 1. The molecule has 1 unspecified atom stereocenters. The highest BCUT2D eigenvalue weighted by molar-refractivity contribution is 9.12. The third-order valence-electron chi connectivity index (χ3n) is 2.09. The van der Waals surface area contributed by atoms with Gasteiger partial charge in [-0.05, 0) is 44.3 Å². The second-order valence-corrected chi connectivity index (χ2v) is 6.95. The van der Waals surface area contributed by atoms with Crippen LogP contribution in [0.5, 0.6) is 0 Å². The van der Waals surface area contributed by atoms with Crippen LogP contribution in [0, 0.1) is 0 Å². The Kier molecular flexibility index (Phi) is 5.41. The molecule has 5 nitrogen and oxygen atoms in total. The first kappa shape index (κ1) is 14.5. The molecule has 4 N–H and O–H groups in total. The summed E-state index contributed by atoms with van der Waals surface area (Å²) in [6.45, 7) is 1.83. The number of hydrogen-bond acceptors (Lipinski definition) is 4. The van der Waals surface area contributed by atoms with Crippen LogP contribution in [0.15, 0.2) is 18.8 Å². The van der Waals surface area contributed by atoms with Gasteiger partial charge >= 0.3 is 0 Å². The van der Waals surface area contributed by atoms with Crippen molar-refractivity contribution in [1.29, 1.82) is 0 Å². The lowest BCUT2D eigenvalue weighted by Gasteiger charge is -2.14.